The molecule has 0 bridgehead atoms. The largest absolute Gasteiger partial charge is 0.394 e. The number of aliphatic hydroxyl groups is 30. The van der Waals surface area contributed by atoms with E-state index in [2.05, 4.69) is 31.9 Å². The summed E-state index contributed by atoms with van der Waals surface area (Å²) >= 11 is 0. The predicted octanol–water partition coefficient (Wildman–Crippen LogP) is -25.1. The van der Waals surface area contributed by atoms with E-state index in [-0.39, 0.29) is 6.41 Å². The molecule has 11 aliphatic heterocycles. The van der Waals surface area contributed by atoms with Crippen LogP contribution in [0.25, 0.3) is 0 Å². The number of hydrogen-bond acceptors (Lipinski definition) is 58. The lowest BCUT2D eigenvalue weighted by molar-refractivity contribution is -0.392. The molecule has 11 rings (SSSR count). The van der Waals surface area contributed by atoms with Gasteiger partial charge in [-0.25, -0.2) is 0 Å². The van der Waals surface area contributed by atoms with Crippen LogP contribution in [0.5, 0.6) is 0 Å². The highest BCUT2D eigenvalue weighted by molar-refractivity contribution is 5.75. The zero-order valence-corrected chi connectivity index (χ0v) is 77.4. The Bertz CT molecular complexity index is 3980. The lowest BCUT2D eigenvalue weighted by Gasteiger charge is -2.51. The topological polar surface area (TPSA) is 985 Å². The summed E-state index contributed by atoms with van der Waals surface area (Å²) in [6, 6.07) is -11.0. The van der Waals surface area contributed by atoms with E-state index < -0.39 is 459 Å². The van der Waals surface area contributed by atoms with E-state index >= 15 is 0 Å². The molecule has 36 N–H and O–H groups in total. The predicted molar refractivity (Wildman–Crippen MR) is 444 cm³/mol. The van der Waals surface area contributed by atoms with Crippen molar-refractivity contribution in [2.24, 2.45) is 0 Å². The normalized spacial score (nSPS) is 47.3. The molecule has 832 valence electrons. The smallest absolute Gasteiger partial charge is 0.217 e. The highest BCUT2D eigenvalue weighted by atomic mass is 16.8. The molecule has 64 heteroatoms. The number of carbonyl (C=O) groups is 6. The van der Waals surface area contributed by atoms with Crippen LogP contribution in [0.1, 0.15) is 34.6 Å². The molecular weight excluding hydrogens is 1970 g/mol. The molecule has 56 atom stereocenters. The standard InChI is InChI=1S/C80H134N6O58/c1-20(98)82-37-48(109)42(103)26(7-88)126-70(37)124-17-35-46(107)68(143-73-39(84-22(3)100)50(111)63(31(12-93)131-73)138-77-57(118)54(115)44(105)28(9-90)128-77)60(121)79(135-35)140-65-33(14-95)133-74(41(52(65)113)86-24(5)102)144-69-47(108)36(18-125-71-38(83-21(2)99)49(110)62(30(11-92)130-71)137-76-56(117)53(114)43(104)27(8-89)127-76)136-80(61(69)122)139-64-32(13-94)132-72(40(51(64)112)85-23(4)101)142-67-45(106)29(10-91)129-78(59(67)120)141-66-34(15-96)134-75(58(119)55(66)116)123-16-25(6-87)81-19-97/h19,25-80,87-96,103-122H,6-18H2,1-5H3,(H,81,97)(H,82,98)(H,83,99)(H,84,100)(H,85,101)(H,86,102)/t25-,26-,27-,28-,29-,30-,31-,32-,33-,34-,35-,36-,37-,38-,39-,40-,41-,42-,43+,44+,45+,46+,47+,48-,49-,50-,51-,52-,53+,54+,55-,56-,57-,58-,59-,60-,61-,62-,63-,64-,65-,66-,67+,68+,69+,70-,71-,72+,73+,74+,75-,76+,77+,78+,79+,80+/m1/s1. The highest BCUT2D eigenvalue weighted by Gasteiger charge is 2.63. The molecule has 11 fully saturated rings. The van der Waals surface area contributed by atoms with Crippen LogP contribution in [0.2, 0.25) is 0 Å². The molecule has 11 heterocycles. The molecule has 0 aromatic rings. The summed E-state index contributed by atoms with van der Waals surface area (Å²) in [6.07, 6.45) is -106. The maximum atomic E-state index is 13.6. The minimum atomic E-state index is -2.64. The third-order valence-corrected chi connectivity index (χ3v) is 25.9. The van der Waals surface area contributed by atoms with Gasteiger partial charge in [-0.1, -0.05) is 0 Å². The molecule has 0 unspecified atom stereocenters. The zero-order chi connectivity index (χ0) is 106. The Kier molecular flexibility index (Phi) is 44.1. The maximum Gasteiger partial charge on any atom is 0.217 e. The van der Waals surface area contributed by atoms with Crippen LogP contribution in [-0.4, -0.2) is 619 Å². The fraction of sp³-hybridized carbons (Fsp3) is 0.925. The van der Waals surface area contributed by atoms with Crippen LogP contribution in [-0.2, 0) is 133 Å². The summed E-state index contributed by atoms with van der Waals surface area (Å²) in [5.74, 6) is -4.93. The van der Waals surface area contributed by atoms with E-state index in [1.807, 2.05) is 0 Å². The summed E-state index contributed by atoms with van der Waals surface area (Å²) in [5, 5.41) is 352. The van der Waals surface area contributed by atoms with Gasteiger partial charge in [0.15, 0.2) is 69.2 Å². The van der Waals surface area contributed by atoms with E-state index in [1.54, 1.807) is 0 Å². The quantitative estimate of drug-likeness (QED) is 0.0252. The summed E-state index contributed by atoms with van der Waals surface area (Å²) in [6.45, 7) is -9.04. The van der Waals surface area contributed by atoms with E-state index in [4.69, 9.17) is 104 Å². The van der Waals surface area contributed by atoms with Gasteiger partial charge >= 0.3 is 0 Å². The Labute approximate surface area is 815 Å². The number of aliphatic hydroxyl groups excluding tert-OH is 30. The fourth-order valence-corrected chi connectivity index (χ4v) is 18.3. The first kappa shape index (κ1) is 119. The average Bonchev–Trinajstić information content (AvgIpc) is 0.752. The van der Waals surface area contributed by atoms with Crippen molar-refractivity contribution in [3.63, 3.8) is 0 Å². The molecule has 0 saturated carbocycles. The number of hydrogen-bond donors (Lipinski definition) is 36. The summed E-state index contributed by atoms with van der Waals surface area (Å²) < 4.78 is 131. The minimum absolute atomic E-state index is 0.230. The van der Waals surface area contributed by atoms with Crippen LogP contribution in [0.3, 0.4) is 0 Å². The molecule has 144 heavy (non-hydrogen) atoms. The van der Waals surface area contributed by atoms with Gasteiger partial charge in [-0.15, -0.1) is 0 Å². The van der Waals surface area contributed by atoms with Gasteiger partial charge in [0, 0.05) is 34.6 Å². The molecular formula is C80H134N6O58. The van der Waals surface area contributed by atoms with Gasteiger partial charge in [0.2, 0.25) is 35.9 Å². The van der Waals surface area contributed by atoms with Crippen molar-refractivity contribution in [2.45, 2.75) is 378 Å². The Morgan fingerprint density at radius 1 is 0.229 bits per heavy atom. The monoisotopic (exact) mass is 2110 g/mol. The summed E-state index contributed by atoms with van der Waals surface area (Å²) in [5.41, 5.74) is 0. The second-order valence-electron chi connectivity index (χ2n) is 36.0. The van der Waals surface area contributed by atoms with Gasteiger partial charge in [-0.05, 0) is 0 Å². The van der Waals surface area contributed by atoms with Crippen molar-refractivity contribution in [2.75, 3.05) is 85.9 Å². The van der Waals surface area contributed by atoms with E-state index in [0.29, 0.717) is 0 Å². The van der Waals surface area contributed by atoms with Crippen LogP contribution in [0, 0.1) is 0 Å². The molecule has 0 aromatic carbocycles. The number of ether oxygens (including phenoxy) is 22. The molecule has 0 spiro atoms. The van der Waals surface area contributed by atoms with Gasteiger partial charge in [-0.3, -0.25) is 28.8 Å². The Balaban J connectivity index is 0.905. The Morgan fingerprint density at radius 3 is 0.729 bits per heavy atom. The number of amides is 6. The Morgan fingerprint density at radius 2 is 0.444 bits per heavy atom. The lowest BCUT2D eigenvalue weighted by atomic mass is 9.93. The highest BCUT2D eigenvalue weighted by Crippen LogP contribution is 2.42. The molecule has 0 radical (unpaired) electrons. The number of rotatable bonds is 42. The van der Waals surface area contributed by atoms with Crippen molar-refractivity contribution < 1.29 is 286 Å². The van der Waals surface area contributed by atoms with Crippen molar-refractivity contribution >= 4 is 35.9 Å². The lowest BCUT2D eigenvalue weighted by Crippen LogP contribution is -2.71. The molecule has 0 aliphatic carbocycles. The van der Waals surface area contributed by atoms with Crippen molar-refractivity contribution in [1.29, 1.82) is 0 Å². The summed E-state index contributed by atoms with van der Waals surface area (Å²) in [4.78, 5) is 76.7. The molecule has 6 amide bonds. The van der Waals surface area contributed by atoms with Gasteiger partial charge in [0.05, 0.1) is 91.9 Å². The maximum absolute atomic E-state index is 13.6. The van der Waals surface area contributed by atoms with Crippen molar-refractivity contribution in [1.82, 2.24) is 31.9 Å². The Hall–Kier alpha value is -5.26. The molecule has 11 saturated heterocycles. The summed E-state index contributed by atoms with van der Waals surface area (Å²) in [7, 11) is 0. The van der Waals surface area contributed by atoms with Crippen molar-refractivity contribution in [3.05, 3.63) is 0 Å². The van der Waals surface area contributed by atoms with Crippen LogP contribution in [0.4, 0.5) is 0 Å². The van der Waals surface area contributed by atoms with Gasteiger partial charge in [0.25, 0.3) is 0 Å². The van der Waals surface area contributed by atoms with Crippen LogP contribution < -0.4 is 31.9 Å². The average molecular weight is 2110 g/mol. The van der Waals surface area contributed by atoms with Crippen LogP contribution in [0.15, 0.2) is 0 Å². The molecule has 11 aliphatic rings. The third-order valence-electron chi connectivity index (χ3n) is 25.9. The van der Waals surface area contributed by atoms with E-state index in [9.17, 15) is 182 Å². The zero-order valence-electron chi connectivity index (χ0n) is 77.4. The van der Waals surface area contributed by atoms with E-state index in [0.717, 1.165) is 34.6 Å². The fourth-order valence-electron chi connectivity index (χ4n) is 18.3. The third kappa shape index (κ3) is 27.1. The second-order valence-corrected chi connectivity index (χ2v) is 36.0. The van der Waals surface area contributed by atoms with Crippen molar-refractivity contribution in [3.8, 4) is 0 Å². The van der Waals surface area contributed by atoms with Gasteiger partial charge < -0.3 is 289 Å². The second kappa shape index (κ2) is 53.3. The SMILES string of the molecule is CC(=O)N[C@H]1[C@H](OC[C@H]2O[C@@H](O[C@H]3[C@H](O)[C@@H](NC(C)=O)[C@H](O[C@H]4[C@@H](O)[C@@H](CO)O[C@@H](O[C@H]5[C@H](O)[C@@H](O)[C@H](OC[C@@H](CO)NC=O)O[C@@H]5CO)[C@@H]4O)O[C@@H]3CO)[C@H](O)[C@@H](O[C@@H]3O[C@H](CO)[C@@H](O[C@@H]4O[C@H](CO[C@@H]5O[C@H](CO)[C@@H](O)[C@H](O)[C@H]5NC(C)=O)[C@H](O)[C@H](O[C@@H]5O[C@H](CO)[C@@H](O[C@@H]6O[C@H](CO)[C@H](O)[C@H](O)[C@H]6O)[C@H](O)[C@H]5NC(C)=O)[C@H]4O)[C@H](O)[C@H]3NC(C)=O)[C@H]2O)O[C@H](CO)[C@@H](O[C@@H]2O[C@H](CO)[C@H](O)[C@H](O)[C@H]2O)[C@@H]1O. The minimum Gasteiger partial charge on any atom is -0.394 e. The first-order valence-corrected chi connectivity index (χ1v) is 45.9. The molecule has 0 aromatic heterocycles. The number of carbonyl (C=O) groups excluding carboxylic acids is 6. The first-order chi connectivity index (χ1) is 68.3. The van der Waals surface area contributed by atoms with E-state index in [1.165, 1.54) is 0 Å². The van der Waals surface area contributed by atoms with Crippen LogP contribution >= 0.6 is 0 Å². The molecule has 64 nitrogen and oxygen atoms in total. The first-order valence-electron chi connectivity index (χ1n) is 45.9. The number of nitrogens with one attached hydrogen (secondary N) is 6. The van der Waals surface area contributed by atoms with Gasteiger partial charge in [-0.2, -0.15) is 0 Å². The van der Waals surface area contributed by atoms with Gasteiger partial charge in [0.1, 0.15) is 268 Å².